The molecule has 0 aliphatic rings. The van der Waals surface area contributed by atoms with Crippen molar-refractivity contribution in [1.82, 2.24) is 9.97 Å². The zero-order valence-corrected chi connectivity index (χ0v) is 17.0. The molecular weight excluding hydrogens is 402 g/mol. The lowest BCUT2D eigenvalue weighted by Crippen LogP contribution is -2.17. The van der Waals surface area contributed by atoms with E-state index in [1.54, 1.807) is 60.5 Å². The van der Waals surface area contributed by atoms with Crippen molar-refractivity contribution >= 4 is 41.2 Å². The van der Waals surface area contributed by atoms with Crippen molar-refractivity contribution in [1.29, 1.82) is 0 Å². The third kappa shape index (κ3) is 4.90. The normalized spacial score (nSPS) is 10.1. The molecule has 7 nitrogen and oxygen atoms in total. The third-order valence-corrected chi connectivity index (χ3v) is 4.58. The zero-order chi connectivity index (χ0) is 19.2. The molecule has 148 valence electrons. The number of aromatic nitrogens is 2. The second-order valence-corrected chi connectivity index (χ2v) is 6.49. The molecule has 0 saturated carbocycles. The number of thiazole rings is 1. The van der Waals surface area contributed by atoms with E-state index in [4.69, 9.17) is 14.6 Å². The van der Waals surface area contributed by atoms with E-state index in [2.05, 4.69) is 9.97 Å². The number of carbonyl (C=O) groups is 1. The first-order valence-corrected chi connectivity index (χ1v) is 9.16. The zero-order valence-electron chi connectivity index (χ0n) is 15.4. The minimum Gasteiger partial charge on any atom is -0.491 e. The molecular formula is C19H20ClN3O4S. The first-order chi connectivity index (χ1) is 13.1. The summed E-state index contributed by atoms with van der Waals surface area (Å²) in [6.45, 7) is 2.89. The van der Waals surface area contributed by atoms with Crippen molar-refractivity contribution in [3.63, 3.8) is 0 Å². The van der Waals surface area contributed by atoms with Gasteiger partial charge in [0.15, 0.2) is 5.75 Å². The van der Waals surface area contributed by atoms with Gasteiger partial charge in [0.1, 0.15) is 5.82 Å². The number of carboxylic acids is 1. The number of carboxylic acid groups (broad SMARTS) is 1. The average molecular weight is 422 g/mol. The Bertz CT molecular complexity index is 904. The molecule has 0 aliphatic heterocycles. The fourth-order valence-electron chi connectivity index (χ4n) is 2.53. The van der Waals surface area contributed by atoms with Gasteiger partial charge in [-0.25, -0.2) is 4.79 Å². The maximum Gasteiger partial charge on any atom is 0.335 e. The van der Waals surface area contributed by atoms with Crippen LogP contribution in [0.2, 0.25) is 0 Å². The van der Waals surface area contributed by atoms with Gasteiger partial charge in [-0.05, 0) is 43.3 Å². The number of methoxy groups -OCH3 is 1. The number of halogens is 1. The molecule has 1 N–H and O–H groups in total. The largest absolute Gasteiger partial charge is 0.491 e. The lowest BCUT2D eigenvalue weighted by molar-refractivity contribution is 0.0697. The number of anilines is 2. The minimum absolute atomic E-state index is 0. The monoisotopic (exact) mass is 421 g/mol. The highest BCUT2D eigenvalue weighted by molar-refractivity contribution is 7.09. The van der Waals surface area contributed by atoms with Gasteiger partial charge in [0.05, 0.1) is 31.3 Å². The van der Waals surface area contributed by atoms with Crippen LogP contribution < -0.4 is 14.4 Å². The molecule has 0 bridgehead atoms. The van der Waals surface area contributed by atoms with Crippen LogP contribution in [-0.4, -0.2) is 34.8 Å². The van der Waals surface area contributed by atoms with Crippen LogP contribution in [0.25, 0.3) is 0 Å². The van der Waals surface area contributed by atoms with E-state index >= 15 is 0 Å². The first-order valence-electron chi connectivity index (χ1n) is 8.28. The predicted molar refractivity (Wildman–Crippen MR) is 111 cm³/mol. The molecule has 0 spiro atoms. The van der Waals surface area contributed by atoms with E-state index in [-0.39, 0.29) is 18.0 Å². The summed E-state index contributed by atoms with van der Waals surface area (Å²) < 4.78 is 10.9. The van der Waals surface area contributed by atoms with Gasteiger partial charge in [-0.2, -0.15) is 4.98 Å². The van der Waals surface area contributed by atoms with Gasteiger partial charge in [-0.1, -0.05) is 0 Å². The van der Waals surface area contributed by atoms with Crippen molar-refractivity contribution in [2.75, 3.05) is 18.6 Å². The maximum atomic E-state index is 11.1. The van der Waals surface area contributed by atoms with Crippen molar-refractivity contribution in [2.45, 2.75) is 13.5 Å². The summed E-state index contributed by atoms with van der Waals surface area (Å²) in [5.41, 5.74) is 2.82. The number of pyridine rings is 1. The van der Waals surface area contributed by atoms with Crippen LogP contribution in [0.5, 0.6) is 11.6 Å². The molecule has 3 aromatic rings. The van der Waals surface area contributed by atoms with Crippen LogP contribution in [0.1, 0.15) is 22.2 Å². The summed E-state index contributed by atoms with van der Waals surface area (Å²) >= 11 is 1.54. The highest BCUT2D eigenvalue weighted by atomic mass is 35.5. The standard InChI is InChI=1S/C19H19N3O4S.ClH/c1-3-26-18-16(25-2)8-9-17(21-18)22(11-15-10-20-12-27-15)14-6-4-13(5-7-14)19(23)24;/h4-10,12H,3,11H2,1-2H3,(H,23,24);1H. The van der Waals surface area contributed by atoms with Crippen LogP contribution in [0.15, 0.2) is 48.1 Å². The molecule has 3 rings (SSSR count). The lowest BCUT2D eigenvalue weighted by Gasteiger charge is -2.24. The maximum absolute atomic E-state index is 11.1. The Balaban J connectivity index is 0.00000280. The SMILES string of the molecule is CCOc1nc(N(Cc2cncs2)c2ccc(C(=O)O)cc2)ccc1OC.Cl. The lowest BCUT2D eigenvalue weighted by atomic mass is 10.2. The smallest absolute Gasteiger partial charge is 0.335 e. The molecule has 0 aliphatic carbocycles. The Hall–Kier alpha value is -2.84. The number of ether oxygens (including phenoxy) is 2. The van der Waals surface area contributed by atoms with E-state index in [9.17, 15) is 4.79 Å². The van der Waals surface area contributed by atoms with E-state index in [0.717, 1.165) is 10.6 Å². The molecule has 0 atom stereocenters. The van der Waals surface area contributed by atoms with Crippen molar-refractivity contribution in [2.24, 2.45) is 0 Å². The summed E-state index contributed by atoms with van der Waals surface area (Å²) in [5, 5.41) is 9.13. The van der Waals surface area contributed by atoms with Crippen molar-refractivity contribution in [3.8, 4) is 11.6 Å². The van der Waals surface area contributed by atoms with Gasteiger partial charge in [0.2, 0.25) is 0 Å². The van der Waals surface area contributed by atoms with E-state index in [0.29, 0.717) is 30.6 Å². The number of hydrogen-bond acceptors (Lipinski definition) is 7. The quantitative estimate of drug-likeness (QED) is 0.576. The number of nitrogens with zero attached hydrogens (tertiary/aromatic N) is 3. The molecule has 0 fully saturated rings. The third-order valence-electron chi connectivity index (χ3n) is 3.81. The Morgan fingerprint density at radius 1 is 1.21 bits per heavy atom. The van der Waals surface area contributed by atoms with Gasteiger partial charge in [0.25, 0.3) is 5.88 Å². The second-order valence-electron chi connectivity index (χ2n) is 5.52. The number of benzene rings is 1. The predicted octanol–water partition coefficient (Wildman–Crippen LogP) is 4.40. The Morgan fingerprint density at radius 3 is 2.54 bits per heavy atom. The highest BCUT2D eigenvalue weighted by Crippen LogP contribution is 2.33. The average Bonchev–Trinajstić information content (AvgIpc) is 3.20. The first kappa shape index (κ1) is 21.5. The molecule has 0 radical (unpaired) electrons. The van der Waals surface area contributed by atoms with Crippen LogP contribution in [-0.2, 0) is 6.54 Å². The Kier molecular flexibility index (Phi) is 7.60. The van der Waals surface area contributed by atoms with E-state index in [1.165, 1.54) is 0 Å². The fourth-order valence-corrected chi connectivity index (χ4v) is 3.11. The van der Waals surface area contributed by atoms with E-state index < -0.39 is 5.97 Å². The molecule has 28 heavy (non-hydrogen) atoms. The van der Waals surface area contributed by atoms with Gasteiger partial charge >= 0.3 is 5.97 Å². The van der Waals surface area contributed by atoms with Crippen LogP contribution in [0.4, 0.5) is 11.5 Å². The van der Waals surface area contributed by atoms with Gasteiger partial charge in [-0.3, -0.25) is 4.98 Å². The van der Waals surface area contributed by atoms with Gasteiger partial charge < -0.3 is 19.5 Å². The second kappa shape index (κ2) is 9.91. The number of rotatable bonds is 8. The van der Waals surface area contributed by atoms with Gasteiger partial charge in [-0.15, -0.1) is 23.7 Å². The topological polar surface area (TPSA) is 84.8 Å². The van der Waals surface area contributed by atoms with Crippen molar-refractivity contribution in [3.05, 3.63) is 58.5 Å². The van der Waals surface area contributed by atoms with Gasteiger partial charge in [0, 0.05) is 16.8 Å². The molecule has 1 aromatic carbocycles. The van der Waals surface area contributed by atoms with E-state index in [1.807, 2.05) is 17.9 Å². The van der Waals surface area contributed by atoms with Crippen molar-refractivity contribution < 1.29 is 19.4 Å². The summed E-state index contributed by atoms with van der Waals surface area (Å²) in [4.78, 5) is 22.9. The molecule has 0 saturated heterocycles. The Morgan fingerprint density at radius 2 is 1.96 bits per heavy atom. The molecule has 2 heterocycles. The van der Waals surface area contributed by atoms with Crippen LogP contribution >= 0.6 is 23.7 Å². The summed E-state index contributed by atoms with van der Waals surface area (Å²) in [5.74, 6) is 0.668. The molecule has 0 amide bonds. The molecule has 0 unspecified atom stereocenters. The summed E-state index contributed by atoms with van der Waals surface area (Å²) in [7, 11) is 1.57. The van der Waals surface area contributed by atoms with Crippen LogP contribution in [0, 0.1) is 0 Å². The summed E-state index contributed by atoms with van der Waals surface area (Å²) in [6.07, 6.45) is 1.80. The Labute approximate surface area is 173 Å². The number of hydrogen-bond donors (Lipinski definition) is 1. The molecule has 9 heteroatoms. The fraction of sp³-hybridized carbons (Fsp3) is 0.211. The van der Waals surface area contributed by atoms with Crippen LogP contribution in [0.3, 0.4) is 0 Å². The minimum atomic E-state index is -0.961. The highest BCUT2D eigenvalue weighted by Gasteiger charge is 2.16. The number of aromatic carboxylic acids is 1. The summed E-state index contributed by atoms with van der Waals surface area (Å²) in [6, 6.07) is 10.3. The molecule has 2 aromatic heterocycles.